The Morgan fingerprint density at radius 2 is 1.81 bits per heavy atom. The van der Waals surface area contributed by atoms with Crippen molar-refractivity contribution in [1.29, 1.82) is 0 Å². The molecule has 8 heteroatoms. The highest BCUT2D eigenvalue weighted by atomic mass is 35.5. The highest BCUT2D eigenvalue weighted by molar-refractivity contribution is 6.30. The highest BCUT2D eigenvalue weighted by Crippen LogP contribution is 2.28. The molecular weight excluding hydrogens is 474 g/mol. The number of amides is 2. The van der Waals surface area contributed by atoms with E-state index in [1.54, 1.807) is 0 Å². The number of hydrazine groups is 1. The SMILES string of the molecule is CC(C)C(=O)N(C1CCCCC1)[C@H]1CCN(NC(=O)C(Cc2ccc(Cl)cc2)NC[C@H]2CCCN2)C1. The smallest absolute Gasteiger partial charge is 0.251 e. The Morgan fingerprint density at radius 1 is 1.06 bits per heavy atom. The van der Waals surface area contributed by atoms with Crippen LogP contribution in [0.5, 0.6) is 0 Å². The fourth-order valence-corrected chi connectivity index (χ4v) is 6.07. The lowest BCUT2D eigenvalue weighted by Crippen LogP contribution is -2.55. The maximum absolute atomic E-state index is 13.5. The van der Waals surface area contributed by atoms with Gasteiger partial charge in [0.15, 0.2) is 0 Å². The zero-order valence-electron chi connectivity index (χ0n) is 22.0. The summed E-state index contributed by atoms with van der Waals surface area (Å²) in [5.41, 5.74) is 4.27. The summed E-state index contributed by atoms with van der Waals surface area (Å²) >= 11 is 6.07. The molecule has 1 aromatic carbocycles. The molecule has 4 rings (SSSR count). The summed E-state index contributed by atoms with van der Waals surface area (Å²) in [6.07, 6.45) is 9.70. The number of nitrogens with one attached hydrogen (secondary N) is 3. The number of hydrogen-bond donors (Lipinski definition) is 3. The van der Waals surface area contributed by atoms with Crippen molar-refractivity contribution in [2.45, 2.75) is 95.8 Å². The van der Waals surface area contributed by atoms with Crippen LogP contribution >= 0.6 is 11.6 Å². The molecule has 0 bridgehead atoms. The predicted molar refractivity (Wildman–Crippen MR) is 145 cm³/mol. The maximum atomic E-state index is 13.5. The standard InChI is InChI=1S/C28H44ClN5O2/c1-20(2)28(36)34(24-8-4-3-5-9-24)25-14-16-33(19-25)32-27(35)26(31-18-23-7-6-15-30-23)17-21-10-12-22(29)13-11-21/h10-13,20,23-26,30-31H,3-9,14-19H2,1-2H3,(H,32,35)/t23-,25+,26?/m1/s1. The van der Waals surface area contributed by atoms with Gasteiger partial charge in [-0.2, -0.15) is 0 Å². The third kappa shape index (κ3) is 7.44. The van der Waals surface area contributed by atoms with Crippen LogP contribution in [0.25, 0.3) is 0 Å². The van der Waals surface area contributed by atoms with Crippen LogP contribution in [0.1, 0.15) is 70.8 Å². The second-order valence-electron chi connectivity index (χ2n) is 11.1. The second kappa shape index (κ2) is 13.2. The molecule has 2 amide bonds. The predicted octanol–water partition coefficient (Wildman–Crippen LogP) is 3.52. The lowest BCUT2D eigenvalue weighted by molar-refractivity contribution is -0.140. The summed E-state index contributed by atoms with van der Waals surface area (Å²) < 4.78 is 0. The number of halogens is 1. The van der Waals surface area contributed by atoms with Gasteiger partial charge in [0, 0.05) is 48.7 Å². The molecule has 1 unspecified atom stereocenters. The lowest BCUT2D eigenvalue weighted by atomic mass is 9.92. The van der Waals surface area contributed by atoms with Crippen LogP contribution in [-0.2, 0) is 16.0 Å². The van der Waals surface area contributed by atoms with E-state index in [-0.39, 0.29) is 29.8 Å². The molecule has 0 aromatic heterocycles. The molecule has 0 spiro atoms. The number of hydrogen-bond acceptors (Lipinski definition) is 5. The van der Waals surface area contributed by atoms with E-state index in [0.29, 0.717) is 30.1 Å². The fourth-order valence-electron chi connectivity index (χ4n) is 5.95. The van der Waals surface area contributed by atoms with Gasteiger partial charge in [-0.3, -0.25) is 15.0 Å². The number of rotatable bonds is 10. The molecule has 3 N–H and O–H groups in total. The molecule has 3 atom stereocenters. The van der Waals surface area contributed by atoms with E-state index in [1.165, 1.54) is 25.7 Å². The van der Waals surface area contributed by atoms with Crippen molar-refractivity contribution in [1.82, 2.24) is 26.0 Å². The van der Waals surface area contributed by atoms with Gasteiger partial charge in [0.25, 0.3) is 5.91 Å². The third-order valence-corrected chi connectivity index (χ3v) is 8.24. The lowest BCUT2D eigenvalue weighted by Gasteiger charge is -2.39. The molecule has 0 radical (unpaired) electrons. The summed E-state index contributed by atoms with van der Waals surface area (Å²) in [4.78, 5) is 28.8. The molecule has 36 heavy (non-hydrogen) atoms. The van der Waals surface area contributed by atoms with E-state index in [2.05, 4.69) is 21.0 Å². The summed E-state index contributed by atoms with van der Waals surface area (Å²) in [6.45, 7) is 7.27. The van der Waals surface area contributed by atoms with Crippen LogP contribution in [0, 0.1) is 5.92 Å². The quantitative estimate of drug-likeness (QED) is 0.443. The minimum absolute atomic E-state index is 0.00674. The van der Waals surface area contributed by atoms with Gasteiger partial charge in [0.2, 0.25) is 5.91 Å². The Labute approximate surface area is 221 Å². The monoisotopic (exact) mass is 517 g/mol. The van der Waals surface area contributed by atoms with Crippen molar-refractivity contribution in [3.63, 3.8) is 0 Å². The first-order valence-electron chi connectivity index (χ1n) is 14.0. The minimum atomic E-state index is -0.334. The Balaban J connectivity index is 1.38. The normalized spacial score (nSPS) is 24.2. The number of nitrogens with zero attached hydrogens (tertiary/aromatic N) is 2. The highest BCUT2D eigenvalue weighted by Gasteiger charge is 2.37. The van der Waals surface area contributed by atoms with Crippen LogP contribution in [0.3, 0.4) is 0 Å². The van der Waals surface area contributed by atoms with E-state index in [0.717, 1.165) is 50.9 Å². The summed E-state index contributed by atoms with van der Waals surface area (Å²) in [7, 11) is 0. The van der Waals surface area contributed by atoms with Crippen LogP contribution in [0.4, 0.5) is 0 Å². The van der Waals surface area contributed by atoms with Crippen LogP contribution in [0.2, 0.25) is 5.02 Å². The summed E-state index contributed by atoms with van der Waals surface area (Å²) in [5, 5.41) is 9.75. The van der Waals surface area contributed by atoms with Crippen molar-refractivity contribution in [3.8, 4) is 0 Å². The van der Waals surface area contributed by atoms with Gasteiger partial charge < -0.3 is 15.5 Å². The molecule has 2 heterocycles. The van der Waals surface area contributed by atoms with Crippen molar-refractivity contribution < 1.29 is 9.59 Å². The second-order valence-corrected chi connectivity index (χ2v) is 11.6. The molecule has 3 aliphatic rings. The molecule has 7 nitrogen and oxygen atoms in total. The third-order valence-electron chi connectivity index (χ3n) is 7.98. The van der Waals surface area contributed by atoms with Crippen molar-refractivity contribution in [2.24, 2.45) is 5.92 Å². The summed E-state index contributed by atoms with van der Waals surface area (Å²) in [5.74, 6) is 0.238. The molecule has 2 saturated heterocycles. The molecule has 1 aromatic rings. The molecule has 200 valence electrons. The van der Waals surface area contributed by atoms with Gasteiger partial charge in [-0.05, 0) is 62.8 Å². The molecule has 2 aliphatic heterocycles. The Bertz CT molecular complexity index is 852. The van der Waals surface area contributed by atoms with E-state index in [9.17, 15) is 9.59 Å². The van der Waals surface area contributed by atoms with Gasteiger partial charge in [0.1, 0.15) is 0 Å². The first-order valence-corrected chi connectivity index (χ1v) is 14.4. The zero-order chi connectivity index (χ0) is 25.5. The fraction of sp³-hybridized carbons (Fsp3) is 0.714. The van der Waals surface area contributed by atoms with Gasteiger partial charge in [-0.25, -0.2) is 5.01 Å². The average Bonchev–Trinajstić information content (AvgIpc) is 3.56. The van der Waals surface area contributed by atoms with Crippen molar-refractivity contribution in [3.05, 3.63) is 34.9 Å². The topological polar surface area (TPSA) is 76.7 Å². The van der Waals surface area contributed by atoms with Gasteiger partial charge >= 0.3 is 0 Å². The summed E-state index contributed by atoms with van der Waals surface area (Å²) in [6, 6.07) is 8.31. The first-order chi connectivity index (χ1) is 17.4. The van der Waals surface area contributed by atoms with Gasteiger partial charge in [0.05, 0.1) is 6.04 Å². The maximum Gasteiger partial charge on any atom is 0.251 e. The number of carbonyl (C=O) groups excluding carboxylic acids is 2. The van der Waals surface area contributed by atoms with Crippen LogP contribution in [-0.4, -0.2) is 72.1 Å². The zero-order valence-corrected chi connectivity index (χ0v) is 22.7. The Morgan fingerprint density at radius 3 is 2.47 bits per heavy atom. The molecule has 1 aliphatic carbocycles. The molecule has 3 fully saturated rings. The van der Waals surface area contributed by atoms with Crippen LogP contribution < -0.4 is 16.1 Å². The van der Waals surface area contributed by atoms with Crippen molar-refractivity contribution >= 4 is 23.4 Å². The number of carbonyl (C=O) groups is 2. The molecular formula is C28H44ClN5O2. The van der Waals surface area contributed by atoms with E-state index in [1.807, 2.05) is 43.1 Å². The Kier molecular flexibility index (Phi) is 10.1. The van der Waals surface area contributed by atoms with Gasteiger partial charge in [-0.15, -0.1) is 0 Å². The van der Waals surface area contributed by atoms with Crippen LogP contribution in [0.15, 0.2) is 24.3 Å². The van der Waals surface area contributed by atoms with Gasteiger partial charge in [-0.1, -0.05) is 56.8 Å². The first kappa shape index (κ1) is 27.4. The average molecular weight is 518 g/mol. The number of benzene rings is 1. The van der Waals surface area contributed by atoms with E-state index >= 15 is 0 Å². The minimum Gasteiger partial charge on any atom is -0.335 e. The van der Waals surface area contributed by atoms with E-state index in [4.69, 9.17) is 11.6 Å². The van der Waals surface area contributed by atoms with E-state index < -0.39 is 0 Å². The van der Waals surface area contributed by atoms with Crippen molar-refractivity contribution in [2.75, 3.05) is 26.2 Å². The Hall–Kier alpha value is -1.67. The molecule has 1 saturated carbocycles. The largest absolute Gasteiger partial charge is 0.335 e.